The van der Waals surface area contributed by atoms with Gasteiger partial charge in [-0.25, -0.2) is 9.89 Å². The maximum atomic E-state index is 11.2. The summed E-state index contributed by atoms with van der Waals surface area (Å²) in [6, 6.07) is 1.34. The number of carbonyl (C=O) groups is 1. The highest BCUT2D eigenvalue weighted by Crippen LogP contribution is 2.16. The van der Waals surface area contributed by atoms with E-state index in [1.165, 1.54) is 12.5 Å². The molecule has 16 heavy (non-hydrogen) atoms. The zero-order chi connectivity index (χ0) is 11.5. The number of piperidine rings is 1. The van der Waals surface area contributed by atoms with Gasteiger partial charge in [0, 0.05) is 19.2 Å². The summed E-state index contributed by atoms with van der Waals surface area (Å²) in [5, 5.41) is 14.9. The number of aromatic nitrogens is 2. The van der Waals surface area contributed by atoms with E-state index in [9.17, 15) is 9.59 Å². The van der Waals surface area contributed by atoms with Crippen molar-refractivity contribution in [2.45, 2.75) is 19.3 Å². The van der Waals surface area contributed by atoms with Crippen LogP contribution in [0.15, 0.2) is 10.9 Å². The molecule has 0 amide bonds. The highest BCUT2D eigenvalue weighted by atomic mass is 16.4. The summed E-state index contributed by atoms with van der Waals surface area (Å²) < 4.78 is 0. The molecular weight excluding hydrogens is 210 g/mol. The summed E-state index contributed by atoms with van der Waals surface area (Å²) in [7, 11) is 0. The molecule has 2 rings (SSSR count). The Balaban J connectivity index is 2.31. The number of H-pyrrole nitrogens is 1. The number of rotatable bonds is 2. The van der Waals surface area contributed by atoms with Crippen LogP contribution in [-0.4, -0.2) is 34.4 Å². The average Bonchev–Trinajstić information content (AvgIpc) is 2.30. The molecule has 6 nitrogen and oxygen atoms in total. The fourth-order valence-corrected chi connectivity index (χ4v) is 1.84. The predicted octanol–water partition coefficient (Wildman–Crippen LogP) is 0.458. The molecule has 1 saturated heterocycles. The average molecular weight is 223 g/mol. The third-order valence-electron chi connectivity index (χ3n) is 2.70. The zero-order valence-electron chi connectivity index (χ0n) is 8.77. The molecule has 0 unspecified atom stereocenters. The van der Waals surface area contributed by atoms with Gasteiger partial charge >= 0.3 is 5.97 Å². The molecule has 6 heteroatoms. The molecule has 0 atom stereocenters. The molecule has 0 aromatic carbocycles. The van der Waals surface area contributed by atoms with Gasteiger partial charge < -0.3 is 10.0 Å². The van der Waals surface area contributed by atoms with E-state index in [4.69, 9.17) is 5.11 Å². The Kier molecular flexibility index (Phi) is 2.89. The first-order valence-corrected chi connectivity index (χ1v) is 5.26. The van der Waals surface area contributed by atoms with Crippen LogP contribution in [0.5, 0.6) is 0 Å². The van der Waals surface area contributed by atoms with Crippen LogP contribution in [-0.2, 0) is 0 Å². The normalized spacial score (nSPS) is 16.1. The second-order valence-electron chi connectivity index (χ2n) is 3.82. The summed E-state index contributed by atoms with van der Waals surface area (Å²) in [6.45, 7) is 1.72. The fraction of sp³-hybridized carbons (Fsp3) is 0.500. The Bertz CT molecular complexity index is 449. The first-order chi connectivity index (χ1) is 7.68. The zero-order valence-corrected chi connectivity index (χ0v) is 8.77. The molecule has 0 saturated carbocycles. The summed E-state index contributed by atoms with van der Waals surface area (Å²) in [5.74, 6) is -0.682. The minimum absolute atomic E-state index is 0.254. The van der Waals surface area contributed by atoms with Gasteiger partial charge in [-0.05, 0) is 19.3 Å². The van der Waals surface area contributed by atoms with Gasteiger partial charge in [-0.2, -0.15) is 5.10 Å². The number of nitrogens with one attached hydrogen (secondary N) is 1. The molecule has 1 aromatic heterocycles. The molecule has 2 heterocycles. The SMILES string of the molecule is O=C(O)c1cc(N2CCCCC2)n[nH]c1=O. The van der Waals surface area contributed by atoms with Gasteiger partial charge in [0.05, 0.1) is 0 Å². The third kappa shape index (κ3) is 2.05. The van der Waals surface area contributed by atoms with E-state index >= 15 is 0 Å². The van der Waals surface area contributed by atoms with E-state index in [2.05, 4.69) is 10.2 Å². The van der Waals surface area contributed by atoms with Crippen molar-refractivity contribution in [2.24, 2.45) is 0 Å². The molecule has 0 spiro atoms. The van der Waals surface area contributed by atoms with Crippen molar-refractivity contribution in [3.8, 4) is 0 Å². The van der Waals surface area contributed by atoms with Crippen molar-refractivity contribution in [1.29, 1.82) is 0 Å². The van der Waals surface area contributed by atoms with Crippen LogP contribution >= 0.6 is 0 Å². The van der Waals surface area contributed by atoms with Crippen molar-refractivity contribution < 1.29 is 9.90 Å². The minimum atomic E-state index is -1.22. The van der Waals surface area contributed by atoms with E-state index in [-0.39, 0.29) is 5.56 Å². The quantitative estimate of drug-likeness (QED) is 0.760. The summed E-state index contributed by atoms with van der Waals surface area (Å²) in [6.07, 6.45) is 3.33. The van der Waals surface area contributed by atoms with Crippen LogP contribution in [0, 0.1) is 0 Å². The monoisotopic (exact) mass is 223 g/mol. The minimum Gasteiger partial charge on any atom is -0.477 e. The molecule has 1 aliphatic rings. The molecular formula is C10H13N3O3. The lowest BCUT2D eigenvalue weighted by Gasteiger charge is -2.27. The standard InChI is InChI=1S/C10H13N3O3/c14-9-7(10(15)16)6-8(11-12-9)13-4-2-1-3-5-13/h6H,1-5H2,(H,12,14)(H,15,16). The maximum Gasteiger partial charge on any atom is 0.341 e. The highest BCUT2D eigenvalue weighted by molar-refractivity contribution is 5.87. The largest absolute Gasteiger partial charge is 0.477 e. The van der Waals surface area contributed by atoms with Crippen LogP contribution in [0.2, 0.25) is 0 Å². The van der Waals surface area contributed by atoms with Crippen molar-refractivity contribution in [3.05, 3.63) is 22.0 Å². The molecule has 1 aromatic rings. The van der Waals surface area contributed by atoms with Gasteiger partial charge in [-0.15, -0.1) is 0 Å². The number of aromatic carboxylic acids is 1. The Hall–Kier alpha value is -1.85. The Morgan fingerprint density at radius 2 is 2.06 bits per heavy atom. The lowest BCUT2D eigenvalue weighted by atomic mass is 10.1. The molecule has 1 fully saturated rings. The van der Waals surface area contributed by atoms with E-state index in [0.29, 0.717) is 5.82 Å². The van der Waals surface area contributed by atoms with Crippen molar-refractivity contribution in [2.75, 3.05) is 18.0 Å². The van der Waals surface area contributed by atoms with E-state index in [0.717, 1.165) is 25.9 Å². The van der Waals surface area contributed by atoms with Gasteiger partial charge in [0.2, 0.25) is 0 Å². The summed E-state index contributed by atoms with van der Waals surface area (Å²) >= 11 is 0. The van der Waals surface area contributed by atoms with Crippen LogP contribution in [0.25, 0.3) is 0 Å². The highest BCUT2D eigenvalue weighted by Gasteiger charge is 2.16. The lowest BCUT2D eigenvalue weighted by molar-refractivity contribution is 0.0694. The Morgan fingerprint density at radius 3 is 2.69 bits per heavy atom. The van der Waals surface area contributed by atoms with Crippen molar-refractivity contribution >= 4 is 11.8 Å². The molecule has 0 radical (unpaired) electrons. The fourth-order valence-electron chi connectivity index (χ4n) is 1.84. The predicted molar refractivity (Wildman–Crippen MR) is 57.9 cm³/mol. The van der Waals surface area contributed by atoms with E-state index in [1.807, 2.05) is 4.90 Å². The second-order valence-corrected chi connectivity index (χ2v) is 3.82. The molecule has 0 bridgehead atoms. The number of nitrogens with zero attached hydrogens (tertiary/aromatic N) is 2. The maximum absolute atomic E-state index is 11.2. The van der Waals surface area contributed by atoms with Gasteiger partial charge in [0.25, 0.3) is 5.56 Å². The van der Waals surface area contributed by atoms with Crippen molar-refractivity contribution in [3.63, 3.8) is 0 Å². The van der Waals surface area contributed by atoms with Crippen LogP contribution in [0.1, 0.15) is 29.6 Å². The number of carboxylic acid groups (broad SMARTS) is 1. The van der Waals surface area contributed by atoms with Crippen LogP contribution in [0.3, 0.4) is 0 Å². The van der Waals surface area contributed by atoms with Gasteiger partial charge in [0.15, 0.2) is 0 Å². The first-order valence-electron chi connectivity index (χ1n) is 5.26. The Morgan fingerprint density at radius 1 is 1.38 bits per heavy atom. The van der Waals surface area contributed by atoms with Crippen LogP contribution < -0.4 is 10.5 Å². The summed E-state index contributed by atoms with van der Waals surface area (Å²) in [5.41, 5.74) is -0.913. The summed E-state index contributed by atoms with van der Waals surface area (Å²) in [4.78, 5) is 24.0. The topological polar surface area (TPSA) is 86.3 Å². The Labute approximate surface area is 91.9 Å². The number of aromatic amines is 1. The van der Waals surface area contributed by atoms with Gasteiger partial charge in [0.1, 0.15) is 11.4 Å². The molecule has 2 N–H and O–H groups in total. The lowest BCUT2D eigenvalue weighted by Crippen LogP contribution is -2.32. The van der Waals surface area contributed by atoms with Gasteiger partial charge in [-0.1, -0.05) is 0 Å². The molecule has 0 aliphatic carbocycles. The number of hydrogen-bond acceptors (Lipinski definition) is 4. The second kappa shape index (κ2) is 4.34. The number of carboxylic acids is 1. The first kappa shape index (κ1) is 10.7. The van der Waals surface area contributed by atoms with Crippen LogP contribution in [0.4, 0.5) is 5.82 Å². The molecule has 1 aliphatic heterocycles. The van der Waals surface area contributed by atoms with Gasteiger partial charge in [-0.3, -0.25) is 4.79 Å². The van der Waals surface area contributed by atoms with E-state index < -0.39 is 11.5 Å². The smallest absolute Gasteiger partial charge is 0.341 e. The number of hydrogen-bond donors (Lipinski definition) is 2. The van der Waals surface area contributed by atoms with E-state index in [1.54, 1.807) is 0 Å². The molecule has 86 valence electrons. The number of anilines is 1. The third-order valence-corrected chi connectivity index (χ3v) is 2.70. The van der Waals surface area contributed by atoms with Crippen molar-refractivity contribution in [1.82, 2.24) is 10.2 Å².